The highest BCUT2D eigenvalue weighted by atomic mass is 16.5. The lowest BCUT2D eigenvalue weighted by Gasteiger charge is -2.38. The Morgan fingerprint density at radius 2 is 2.11 bits per heavy atom. The molecule has 1 aliphatic heterocycles. The van der Waals surface area contributed by atoms with Crippen LogP contribution in [0.25, 0.3) is 0 Å². The van der Waals surface area contributed by atoms with Crippen molar-refractivity contribution < 1.29 is 9.53 Å². The van der Waals surface area contributed by atoms with E-state index in [0.717, 1.165) is 18.7 Å². The van der Waals surface area contributed by atoms with E-state index in [1.54, 1.807) is 0 Å². The highest BCUT2D eigenvalue weighted by Gasteiger charge is 2.33. The molecule has 0 spiro atoms. The SMILES string of the molecule is C[C@@H](NC(=O)COC1(C)CNC1)c1ccccc1. The number of rotatable bonds is 5. The normalized spacial score (nSPS) is 18.8. The predicted octanol–water partition coefficient (Wildman–Crippen LogP) is 1.24. The van der Waals surface area contributed by atoms with Gasteiger partial charge in [0.25, 0.3) is 0 Å². The number of carbonyl (C=O) groups is 1. The number of nitrogens with one attached hydrogen (secondary N) is 2. The standard InChI is InChI=1S/C14H20N2O2/c1-11(12-6-4-3-5-7-12)16-13(17)8-18-14(2)9-15-10-14/h3-7,11,15H,8-10H2,1-2H3,(H,16,17)/t11-/m1/s1. The Bertz CT molecular complexity index is 402. The van der Waals surface area contributed by atoms with Crippen LogP contribution in [0.4, 0.5) is 0 Å². The summed E-state index contributed by atoms with van der Waals surface area (Å²) in [6.07, 6.45) is 0. The Morgan fingerprint density at radius 3 is 2.67 bits per heavy atom. The minimum Gasteiger partial charge on any atom is -0.363 e. The summed E-state index contributed by atoms with van der Waals surface area (Å²) in [7, 11) is 0. The van der Waals surface area contributed by atoms with Crippen LogP contribution in [0.15, 0.2) is 30.3 Å². The number of carbonyl (C=O) groups excluding carboxylic acids is 1. The van der Waals surface area contributed by atoms with E-state index in [-0.39, 0.29) is 24.2 Å². The molecule has 98 valence electrons. The quantitative estimate of drug-likeness (QED) is 0.824. The molecule has 1 aliphatic rings. The molecule has 2 rings (SSSR count). The summed E-state index contributed by atoms with van der Waals surface area (Å²) in [5, 5.41) is 6.07. The van der Waals surface area contributed by atoms with Crippen LogP contribution in [0.5, 0.6) is 0 Å². The fourth-order valence-corrected chi connectivity index (χ4v) is 1.93. The zero-order valence-electron chi connectivity index (χ0n) is 10.9. The number of benzene rings is 1. The smallest absolute Gasteiger partial charge is 0.246 e. The molecule has 1 aromatic rings. The lowest BCUT2D eigenvalue weighted by molar-refractivity contribution is -0.136. The van der Waals surface area contributed by atoms with Gasteiger partial charge in [0.15, 0.2) is 0 Å². The number of ether oxygens (including phenoxy) is 1. The van der Waals surface area contributed by atoms with Gasteiger partial charge in [-0.2, -0.15) is 0 Å². The Balaban J connectivity index is 1.77. The Hall–Kier alpha value is -1.39. The monoisotopic (exact) mass is 248 g/mol. The zero-order chi connectivity index (χ0) is 13.0. The summed E-state index contributed by atoms with van der Waals surface area (Å²) in [5.74, 6) is -0.0699. The first-order valence-corrected chi connectivity index (χ1v) is 6.28. The summed E-state index contributed by atoms with van der Waals surface area (Å²) in [6, 6.07) is 9.91. The lowest BCUT2D eigenvalue weighted by atomic mass is 10.0. The number of hydrogen-bond donors (Lipinski definition) is 2. The fraction of sp³-hybridized carbons (Fsp3) is 0.500. The lowest BCUT2D eigenvalue weighted by Crippen LogP contribution is -2.59. The molecule has 4 heteroatoms. The number of amides is 1. The van der Waals surface area contributed by atoms with Crippen molar-refractivity contribution in [1.82, 2.24) is 10.6 Å². The Kier molecular flexibility index (Phi) is 3.99. The van der Waals surface area contributed by atoms with Crippen LogP contribution in [0.1, 0.15) is 25.5 Å². The van der Waals surface area contributed by atoms with Gasteiger partial charge < -0.3 is 15.4 Å². The summed E-state index contributed by atoms with van der Waals surface area (Å²) in [6.45, 7) is 5.73. The van der Waals surface area contributed by atoms with E-state index < -0.39 is 0 Å². The average Bonchev–Trinajstić information content (AvgIpc) is 2.35. The van der Waals surface area contributed by atoms with Crippen LogP contribution in [0.3, 0.4) is 0 Å². The first-order valence-electron chi connectivity index (χ1n) is 6.28. The van der Waals surface area contributed by atoms with Gasteiger partial charge >= 0.3 is 0 Å². The molecule has 0 radical (unpaired) electrons. The summed E-state index contributed by atoms with van der Waals surface area (Å²) >= 11 is 0. The van der Waals surface area contributed by atoms with Gasteiger partial charge in [0, 0.05) is 13.1 Å². The summed E-state index contributed by atoms with van der Waals surface area (Å²) < 4.78 is 5.59. The molecule has 0 saturated carbocycles. The molecule has 4 nitrogen and oxygen atoms in total. The van der Waals surface area contributed by atoms with E-state index in [0.29, 0.717) is 0 Å². The first-order chi connectivity index (χ1) is 8.59. The van der Waals surface area contributed by atoms with Crippen LogP contribution in [-0.2, 0) is 9.53 Å². The Morgan fingerprint density at radius 1 is 1.44 bits per heavy atom. The molecular weight excluding hydrogens is 228 g/mol. The van der Waals surface area contributed by atoms with E-state index in [2.05, 4.69) is 10.6 Å². The van der Waals surface area contributed by atoms with Gasteiger partial charge in [-0.25, -0.2) is 0 Å². The third kappa shape index (κ3) is 3.31. The summed E-state index contributed by atoms with van der Waals surface area (Å²) in [5.41, 5.74) is 0.926. The highest BCUT2D eigenvalue weighted by molar-refractivity contribution is 5.77. The zero-order valence-corrected chi connectivity index (χ0v) is 10.9. The van der Waals surface area contributed by atoms with Crippen molar-refractivity contribution in [3.8, 4) is 0 Å². The van der Waals surface area contributed by atoms with Gasteiger partial charge in [-0.1, -0.05) is 30.3 Å². The second-order valence-electron chi connectivity index (χ2n) is 5.04. The minimum atomic E-state index is -0.173. The van der Waals surface area contributed by atoms with Crippen molar-refractivity contribution in [2.24, 2.45) is 0 Å². The fourth-order valence-electron chi connectivity index (χ4n) is 1.93. The molecule has 0 unspecified atom stereocenters. The topological polar surface area (TPSA) is 50.4 Å². The molecule has 1 saturated heterocycles. The maximum atomic E-state index is 11.8. The van der Waals surface area contributed by atoms with Crippen LogP contribution >= 0.6 is 0 Å². The maximum Gasteiger partial charge on any atom is 0.246 e. The molecular formula is C14H20N2O2. The van der Waals surface area contributed by atoms with Gasteiger partial charge in [0.2, 0.25) is 5.91 Å². The molecule has 2 N–H and O–H groups in total. The van der Waals surface area contributed by atoms with Crippen LogP contribution in [-0.4, -0.2) is 31.2 Å². The van der Waals surface area contributed by atoms with E-state index in [4.69, 9.17) is 4.74 Å². The van der Waals surface area contributed by atoms with Crippen molar-refractivity contribution >= 4 is 5.91 Å². The second kappa shape index (κ2) is 5.50. The second-order valence-corrected chi connectivity index (χ2v) is 5.04. The van der Waals surface area contributed by atoms with Crippen molar-refractivity contribution in [2.75, 3.05) is 19.7 Å². The van der Waals surface area contributed by atoms with E-state index >= 15 is 0 Å². The molecule has 1 aromatic carbocycles. The molecule has 1 heterocycles. The summed E-state index contributed by atoms with van der Waals surface area (Å²) in [4.78, 5) is 11.8. The van der Waals surface area contributed by atoms with Gasteiger partial charge in [-0.3, -0.25) is 4.79 Å². The molecule has 1 fully saturated rings. The van der Waals surface area contributed by atoms with Gasteiger partial charge in [0.1, 0.15) is 6.61 Å². The first kappa shape index (κ1) is 13.1. The van der Waals surface area contributed by atoms with Crippen molar-refractivity contribution in [2.45, 2.75) is 25.5 Å². The van der Waals surface area contributed by atoms with Crippen molar-refractivity contribution in [1.29, 1.82) is 0 Å². The Labute approximate surface area is 108 Å². The van der Waals surface area contributed by atoms with Crippen LogP contribution in [0, 0.1) is 0 Å². The highest BCUT2D eigenvalue weighted by Crippen LogP contribution is 2.15. The minimum absolute atomic E-state index is 0.00891. The molecule has 1 amide bonds. The van der Waals surface area contributed by atoms with E-state index in [9.17, 15) is 4.79 Å². The van der Waals surface area contributed by atoms with E-state index in [1.165, 1.54) is 0 Å². The van der Waals surface area contributed by atoms with Gasteiger partial charge in [-0.05, 0) is 19.4 Å². The molecule has 0 bridgehead atoms. The number of hydrogen-bond acceptors (Lipinski definition) is 3. The predicted molar refractivity (Wildman–Crippen MR) is 70.2 cm³/mol. The third-order valence-electron chi connectivity index (χ3n) is 3.23. The average molecular weight is 248 g/mol. The van der Waals surface area contributed by atoms with Gasteiger partial charge in [0.05, 0.1) is 11.6 Å². The maximum absolute atomic E-state index is 11.8. The van der Waals surface area contributed by atoms with E-state index in [1.807, 2.05) is 44.2 Å². The largest absolute Gasteiger partial charge is 0.363 e. The van der Waals surface area contributed by atoms with Crippen molar-refractivity contribution in [3.63, 3.8) is 0 Å². The van der Waals surface area contributed by atoms with Gasteiger partial charge in [-0.15, -0.1) is 0 Å². The van der Waals surface area contributed by atoms with Crippen LogP contribution < -0.4 is 10.6 Å². The van der Waals surface area contributed by atoms with Crippen LogP contribution in [0.2, 0.25) is 0 Å². The molecule has 0 aromatic heterocycles. The van der Waals surface area contributed by atoms with Crippen molar-refractivity contribution in [3.05, 3.63) is 35.9 Å². The molecule has 0 aliphatic carbocycles. The third-order valence-corrected chi connectivity index (χ3v) is 3.23. The molecule has 18 heavy (non-hydrogen) atoms. The molecule has 1 atom stereocenters.